The Kier molecular flexibility index (Phi) is 5.44. The van der Waals surface area contributed by atoms with Gasteiger partial charge in [-0.2, -0.15) is 10.4 Å². The van der Waals surface area contributed by atoms with Crippen LogP contribution in [0.15, 0.2) is 40.8 Å². The van der Waals surface area contributed by atoms with Crippen molar-refractivity contribution in [3.63, 3.8) is 0 Å². The molecule has 9 heteroatoms. The minimum atomic E-state index is -0.475. The molecule has 0 aliphatic carbocycles. The van der Waals surface area contributed by atoms with Gasteiger partial charge in [0, 0.05) is 24.2 Å². The standard InChI is InChI=1S/C16H19N7O2/c1-11(2)21(12(3)4)20-19-16-13(9-17)10-18-22(16)14-5-7-15(8-6-14)23(24)25/h5-8,10-12H,1-4H3/b20-19+. The van der Waals surface area contributed by atoms with E-state index >= 15 is 0 Å². The average molecular weight is 341 g/mol. The van der Waals surface area contributed by atoms with Crippen LogP contribution in [-0.2, 0) is 0 Å². The number of nitro groups is 1. The third-order valence-corrected chi connectivity index (χ3v) is 3.47. The highest BCUT2D eigenvalue weighted by Gasteiger charge is 2.15. The van der Waals surface area contributed by atoms with Gasteiger partial charge in [0.25, 0.3) is 5.69 Å². The fraction of sp³-hybridized carbons (Fsp3) is 0.375. The Bertz CT molecular complexity index is 808. The summed E-state index contributed by atoms with van der Waals surface area (Å²) in [4.78, 5) is 10.3. The van der Waals surface area contributed by atoms with Gasteiger partial charge < -0.3 is 0 Å². The Labute approximate surface area is 145 Å². The van der Waals surface area contributed by atoms with Gasteiger partial charge in [0.2, 0.25) is 0 Å². The lowest BCUT2D eigenvalue weighted by Crippen LogP contribution is -2.31. The molecule has 2 aromatic rings. The van der Waals surface area contributed by atoms with Crippen molar-refractivity contribution in [2.45, 2.75) is 39.8 Å². The molecule has 25 heavy (non-hydrogen) atoms. The largest absolute Gasteiger partial charge is 0.273 e. The third-order valence-electron chi connectivity index (χ3n) is 3.47. The molecule has 2 rings (SSSR count). The second-order valence-electron chi connectivity index (χ2n) is 5.94. The van der Waals surface area contributed by atoms with E-state index in [-0.39, 0.29) is 29.2 Å². The molecule has 0 spiro atoms. The van der Waals surface area contributed by atoms with Crippen LogP contribution in [0.1, 0.15) is 33.3 Å². The van der Waals surface area contributed by atoms with Crippen molar-refractivity contribution in [3.05, 3.63) is 46.1 Å². The van der Waals surface area contributed by atoms with E-state index in [0.717, 1.165) is 0 Å². The predicted molar refractivity (Wildman–Crippen MR) is 91.6 cm³/mol. The fourth-order valence-corrected chi connectivity index (χ4v) is 2.32. The normalized spacial score (nSPS) is 11.2. The minimum absolute atomic E-state index is 0.0228. The zero-order valence-corrected chi connectivity index (χ0v) is 14.5. The quantitative estimate of drug-likeness (QED) is 0.451. The summed E-state index contributed by atoms with van der Waals surface area (Å²) in [6.45, 7) is 7.99. The van der Waals surface area contributed by atoms with Gasteiger partial charge in [0.15, 0.2) is 5.82 Å². The maximum atomic E-state index is 10.8. The molecular weight excluding hydrogens is 322 g/mol. The lowest BCUT2D eigenvalue weighted by molar-refractivity contribution is -0.384. The molecule has 0 fully saturated rings. The van der Waals surface area contributed by atoms with Gasteiger partial charge in [-0.1, -0.05) is 5.22 Å². The molecule has 1 aromatic heterocycles. The molecule has 1 aromatic carbocycles. The summed E-state index contributed by atoms with van der Waals surface area (Å²) in [5.74, 6) is 0.280. The first-order chi connectivity index (χ1) is 11.8. The Hall–Kier alpha value is -3.28. The number of hydrogen-bond acceptors (Lipinski definition) is 6. The first kappa shape index (κ1) is 18.1. The monoisotopic (exact) mass is 341 g/mol. The summed E-state index contributed by atoms with van der Waals surface area (Å²) in [6, 6.07) is 8.17. The maximum absolute atomic E-state index is 10.8. The van der Waals surface area contributed by atoms with Crippen LogP contribution in [0, 0.1) is 21.4 Å². The summed E-state index contributed by atoms with van der Waals surface area (Å²) in [5.41, 5.74) is 0.807. The molecule has 0 saturated heterocycles. The van der Waals surface area contributed by atoms with Gasteiger partial charge in [0.05, 0.1) is 16.8 Å². The molecule has 0 aliphatic heterocycles. The molecule has 0 saturated carbocycles. The number of aromatic nitrogens is 2. The zero-order chi connectivity index (χ0) is 18.6. The molecule has 0 unspecified atom stereocenters. The molecule has 0 N–H and O–H groups in total. The maximum Gasteiger partial charge on any atom is 0.269 e. The second-order valence-corrected chi connectivity index (χ2v) is 5.94. The Balaban J connectivity index is 2.43. The average Bonchev–Trinajstić information content (AvgIpc) is 2.97. The first-order valence-corrected chi connectivity index (χ1v) is 7.78. The smallest absolute Gasteiger partial charge is 0.269 e. The van der Waals surface area contributed by atoms with Crippen LogP contribution in [0.5, 0.6) is 0 Å². The number of nitrogens with zero attached hydrogens (tertiary/aromatic N) is 7. The number of nitro benzene ring substituents is 1. The van der Waals surface area contributed by atoms with Crippen molar-refractivity contribution in [3.8, 4) is 11.8 Å². The number of hydrogen-bond donors (Lipinski definition) is 0. The summed E-state index contributed by atoms with van der Waals surface area (Å²) in [5, 5.41) is 34.5. The van der Waals surface area contributed by atoms with Crippen molar-refractivity contribution in [1.82, 2.24) is 14.8 Å². The van der Waals surface area contributed by atoms with Crippen molar-refractivity contribution < 1.29 is 4.92 Å². The molecular formula is C16H19N7O2. The van der Waals surface area contributed by atoms with E-state index in [4.69, 9.17) is 0 Å². The molecule has 9 nitrogen and oxygen atoms in total. The highest BCUT2D eigenvalue weighted by atomic mass is 16.6. The Morgan fingerprint density at radius 1 is 1.24 bits per heavy atom. The van der Waals surface area contributed by atoms with Crippen LogP contribution in [0.25, 0.3) is 5.69 Å². The van der Waals surface area contributed by atoms with Crippen molar-refractivity contribution >= 4 is 11.5 Å². The van der Waals surface area contributed by atoms with E-state index < -0.39 is 4.92 Å². The SMILES string of the molecule is CC(C)N(/N=N/c1c(C#N)cnn1-c1ccc([N+](=O)[O-])cc1)C(C)C. The van der Waals surface area contributed by atoms with Crippen molar-refractivity contribution in [2.24, 2.45) is 10.3 Å². The van der Waals surface area contributed by atoms with E-state index in [2.05, 4.69) is 15.4 Å². The van der Waals surface area contributed by atoms with Crippen LogP contribution in [-0.4, -0.2) is 31.8 Å². The summed E-state index contributed by atoms with van der Waals surface area (Å²) < 4.78 is 1.44. The van der Waals surface area contributed by atoms with Crippen molar-refractivity contribution in [2.75, 3.05) is 0 Å². The molecule has 0 radical (unpaired) electrons. The van der Waals surface area contributed by atoms with Crippen LogP contribution < -0.4 is 0 Å². The minimum Gasteiger partial charge on any atom is -0.273 e. The summed E-state index contributed by atoms with van der Waals surface area (Å²) in [7, 11) is 0. The first-order valence-electron chi connectivity index (χ1n) is 7.78. The Morgan fingerprint density at radius 2 is 1.84 bits per heavy atom. The van der Waals surface area contributed by atoms with Gasteiger partial charge in [-0.05, 0) is 39.8 Å². The lowest BCUT2D eigenvalue weighted by Gasteiger charge is -2.25. The summed E-state index contributed by atoms with van der Waals surface area (Å²) in [6.07, 6.45) is 1.39. The number of nitriles is 1. The molecule has 130 valence electrons. The van der Waals surface area contributed by atoms with Gasteiger partial charge in [-0.25, -0.2) is 4.68 Å². The van der Waals surface area contributed by atoms with Crippen molar-refractivity contribution in [1.29, 1.82) is 5.26 Å². The molecule has 0 aliphatic rings. The van der Waals surface area contributed by atoms with Gasteiger partial charge in [0.1, 0.15) is 11.6 Å². The molecule has 0 bridgehead atoms. The number of benzene rings is 1. The van der Waals surface area contributed by atoms with Gasteiger partial charge >= 0.3 is 0 Å². The van der Waals surface area contributed by atoms with Crippen LogP contribution >= 0.6 is 0 Å². The predicted octanol–water partition coefficient (Wildman–Crippen LogP) is 3.77. The number of rotatable bonds is 6. The van der Waals surface area contributed by atoms with E-state index in [9.17, 15) is 15.4 Å². The number of non-ortho nitro benzene ring substituents is 1. The molecule has 0 amide bonds. The van der Waals surface area contributed by atoms with Crippen LogP contribution in [0.2, 0.25) is 0 Å². The highest BCUT2D eigenvalue weighted by Crippen LogP contribution is 2.25. The second kappa shape index (κ2) is 7.53. The third kappa shape index (κ3) is 3.98. The summed E-state index contributed by atoms with van der Waals surface area (Å²) >= 11 is 0. The zero-order valence-electron chi connectivity index (χ0n) is 14.5. The lowest BCUT2D eigenvalue weighted by atomic mass is 10.3. The Morgan fingerprint density at radius 3 is 2.32 bits per heavy atom. The van der Waals surface area contributed by atoms with E-state index in [1.807, 2.05) is 38.8 Å². The van der Waals surface area contributed by atoms with Gasteiger partial charge in [-0.3, -0.25) is 15.1 Å². The topological polar surface area (TPSA) is 113 Å². The fourth-order valence-electron chi connectivity index (χ4n) is 2.32. The molecule has 0 atom stereocenters. The van der Waals surface area contributed by atoms with E-state index in [1.54, 1.807) is 12.1 Å². The molecule has 1 heterocycles. The van der Waals surface area contributed by atoms with E-state index in [1.165, 1.54) is 23.0 Å². The van der Waals surface area contributed by atoms with Gasteiger partial charge in [-0.15, -0.1) is 5.11 Å². The van der Waals surface area contributed by atoms with E-state index in [0.29, 0.717) is 5.69 Å². The van der Waals surface area contributed by atoms with Crippen LogP contribution in [0.3, 0.4) is 0 Å². The van der Waals surface area contributed by atoms with Crippen LogP contribution in [0.4, 0.5) is 11.5 Å². The highest BCUT2D eigenvalue weighted by molar-refractivity contribution is 5.52.